The fourth-order valence-corrected chi connectivity index (χ4v) is 3.87. The molecule has 1 saturated heterocycles. The number of carbonyl (C=O) groups excluding carboxylic acids is 1. The van der Waals surface area contributed by atoms with Crippen LogP contribution in [0.15, 0.2) is 30.3 Å². The Hall–Kier alpha value is -1.34. The third kappa shape index (κ3) is 6.64. The zero-order valence-corrected chi connectivity index (χ0v) is 17.9. The Morgan fingerprint density at radius 1 is 1.41 bits per heavy atom. The first kappa shape index (κ1) is 22.0. The van der Waals surface area contributed by atoms with Crippen LogP contribution in [0.3, 0.4) is 0 Å². The number of hydrogen-bond acceptors (Lipinski definition) is 4. The largest absolute Gasteiger partial charge is 0.444 e. The van der Waals surface area contributed by atoms with Gasteiger partial charge in [0.25, 0.3) is 0 Å². The lowest BCUT2D eigenvalue weighted by Gasteiger charge is -2.37. The summed E-state index contributed by atoms with van der Waals surface area (Å²) >= 11 is 3.34. The molecule has 0 aliphatic carbocycles. The summed E-state index contributed by atoms with van der Waals surface area (Å²) in [4.78, 5) is 14.2. The number of ether oxygens (including phenoxy) is 1. The third-order valence-corrected chi connectivity index (χ3v) is 5.22. The van der Waals surface area contributed by atoms with Crippen molar-refractivity contribution in [3.63, 3.8) is 0 Å². The Morgan fingerprint density at radius 3 is 2.67 bits per heavy atom. The second-order valence-corrected chi connectivity index (χ2v) is 9.37. The minimum atomic E-state index is -0.552. The Balaban J connectivity index is 2.20. The van der Waals surface area contributed by atoms with Crippen molar-refractivity contribution < 1.29 is 13.9 Å². The van der Waals surface area contributed by atoms with Crippen LogP contribution < -0.4 is 11.1 Å². The molecule has 1 fully saturated rings. The second kappa shape index (κ2) is 9.73. The van der Waals surface area contributed by atoms with Gasteiger partial charge >= 0.3 is 6.09 Å². The number of nitrogens with zero attached hydrogens (tertiary/aromatic N) is 1. The number of benzene rings is 1. The van der Waals surface area contributed by atoms with Crippen LogP contribution >= 0.6 is 15.9 Å². The highest BCUT2D eigenvalue weighted by molar-refractivity contribution is 9.09. The summed E-state index contributed by atoms with van der Waals surface area (Å²) in [6.07, 6.45) is 1.88. The molecular weight excluding hydrogens is 413 g/mol. The average molecular weight is 444 g/mol. The van der Waals surface area contributed by atoms with E-state index in [2.05, 4.69) is 21.2 Å². The van der Waals surface area contributed by atoms with E-state index in [0.29, 0.717) is 13.0 Å². The van der Waals surface area contributed by atoms with Gasteiger partial charge in [0.1, 0.15) is 12.3 Å². The molecule has 1 amide bonds. The standard InChI is InChI=1S/C20H31BrFN3O2/c1-20(2,3)27-19(26)25-11-7-10-17(25)18(16(23)12-14(21)13-22)24-15-8-5-4-6-9-15/h4-6,8-9,14,16-18,24H,7,10-13,23H2,1-3H3/t14?,16?,17-,18?/m0/s1. The minimum absolute atomic E-state index is 0.102. The van der Waals surface area contributed by atoms with E-state index in [1.54, 1.807) is 4.90 Å². The second-order valence-electron chi connectivity index (χ2n) is 8.07. The molecule has 7 heteroatoms. The Labute approximate surface area is 169 Å². The molecule has 1 aliphatic rings. The molecule has 0 spiro atoms. The molecule has 0 saturated carbocycles. The number of para-hydroxylation sites is 1. The molecule has 1 heterocycles. The van der Waals surface area contributed by atoms with E-state index in [4.69, 9.17) is 10.5 Å². The zero-order chi connectivity index (χ0) is 20.0. The van der Waals surface area contributed by atoms with Crippen molar-refractivity contribution >= 4 is 27.7 Å². The molecule has 5 nitrogen and oxygen atoms in total. The molecule has 152 valence electrons. The molecule has 0 aromatic heterocycles. The van der Waals surface area contributed by atoms with Gasteiger partial charge in [-0.2, -0.15) is 0 Å². The normalized spacial score (nSPS) is 20.8. The van der Waals surface area contributed by atoms with Crippen LogP contribution in [0.4, 0.5) is 14.9 Å². The summed E-state index contributed by atoms with van der Waals surface area (Å²) in [5.41, 5.74) is 6.85. The number of likely N-dealkylation sites (tertiary alicyclic amines) is 1. The highest BCUT2D eigenvalue weighted by Crippen LogP contribution is 2.28. The number of carbonyl (C=O) groups is 1. The van der Waals surface area contributed by atoms with E-state index in [9.17, 15) is 9.18 Å². The van der Waals surface area contributed by atoms with Gasteiger partial charge in [-0.25, -0.2) is 9.18 Å². The maximum atomic E-state index is 13.0. The Morgan fingerprint density at radius 2 is 2.07 bits per heavy atom. The number of hydrogen-bond donors (Lipinski definition) is 2. The van der Waals surface area contributed by atoms with Crippen molar-refractivity contribution in [2.45, 2.75) is 68.6 Å². The maximum absolute atomic E-state index is 13.0. The highest BCUT2D eigenvalue weighted by Gasteiger charge is 2.39. The molecule has 1 aromatic rings. The molecule has 2 rings (SSSR count). The van der Waals surface area contributed by atoms with Crippen LogP contribution in [0.2, 0.25) is 0 Å². The zero-order valence-electron chi connectivity index (χ0n) is 16.3. The predicted molar refractivity (Wildman–Crippen MR) is 111 cm³/mol. The first-order valence-corrected chi connectivity index (χ1v) is 10.4. The Kier molecular flexibility index (Phi) is 7.91. The summed E-state index contributed by atoms with van der Waals surface area (Å²) in [5, 5.41) is 3.48. The first-order chi connectivity index (χ1) is 12.7. The summed E-state index contributed by atoms with van der Waals surface area (Å²) in [5.74, 6) is 0. The fraction of sp³-hybridized carbons (Fsp3) is 0.650. The topological polar surface area (TPSA) is 67.6 Å². The molecule has 1 aliphatic heterocycles. The summed E-state index contributed by atoms with van der Waals surface area (Å²) < 4.78 is 18.6. The Bertz CT molecular complexity index is 597. The molecule has 0 radical (unpaired) electrons. The van der Waals surface area contributed by atoms with Gasteiger partial charge in [0.2, 0.25) is 0 Å². The fourth-order valence-electron chi connectivity index (χ4n) is 3.43. The number of nitrogens with one attached hydrogen (secondary N) is 1. The number of rotatable bonds is 7. The van der Waals surface area contributed by atoms with Crippen LogP contribution in [0.25, 0.3) is 0 Å². The summed E-state index contributed by atoms with van der Waals surface area (Å²) in [6, 6.07) is 9.14. The lowest BCUT2D eigenvalue weighted by atomic mass is 9.94. The van der Waals surface area contributed by atoms with Gasteiger partial charge in [-0.1, -0.05) is 34.1 Å². The van der Waals surface area contributed by atoms with Crippen LogP contribution in [0.1, 0.15) is 40.0 Å². The van der Waals surface area contributed by atoms with Gasteiger partial charge in [-0.05, 0) is 52.2 Å². The van der Waals surface area contributed by atoms with Crippen molar-refractivity contribution in [1.29, 1.82) is 0 Å². The van der Waals surface area contributed by atoms with E-state index in [-0.39, 0.29) is 29.0 Å². The van der Waals surface area contributed by atoms with Gasteiger partial charge in [0.15, 0.2) is 0 Å². The van der Waals surface area contributed by atoms with Crippen LogP contribution in [0, 0.1) is 0 Å². The number of halogens is 2. The molecule has 4 atom stereocenters. The van der Waals surface area contributed by atoms with E-state index in [1.165, 1.54) is 0 Å². The minimum Gasteiger partial charge on any atom is -0.444 e. The highest BCUT2D eigenvalue weighted by atomic mass is 79.9. The van der Waals surface area contributed by atoms with Crippen molar-refractivity contribution in [2.24, 2.45) is 5.73 Å². The van der Waals surface area contributed by atoms with Crippen molar-refractivity contribution in [3.8, 4) is 0 Å². The van der Waals surface area contributed by atoms with Gasteiger partial charge in [0.05, 0.1) is 12.1 Å². The molecule has 1 aromatic carbocycles. The van der Waals surface area contributed by atoms with E-state index < -0.39 is 12.3 Å². The summed E-state index contributed by atoms with van der Waals surface area (Å²) in [6.45, 7) is 5.74. The SMILES string of the molecule is CC(C)(C)OC(=O)N1CCC[C@H]1C(Nc1ccccc1)C(N)CC(Br)CF. The quantitative estimate of drug-likeness (QED) is 0.615. The van der Waals surface area contributed by atoms with Crippen LogP contribution in [-0.2, 0) is 4.74 Å². The third-order valence-electron chi connectivity index (χ3n) is 4.61. The van der Waals surface area contributed by atoms with Gasteiger partial charge < -0.3 is 20.7 Å². The number of amides is 1. The lowest BCUT2D eigenvalue weighted by molar-refractivity contribution is 0.0205. The van der Waals surface area contributed by atoms with E-state index in [1.807, 2.05) is 51.1 Å². The van der Waals surface area contributed by atoms with E-state index >= 15 is 0 Å². The maximum Gasteiger partial charge on any atom is 0.410 e. The van der Waals surface area contributed by atoms with Crippen molar-refractivity contribution in [3.05, 3.63) is 30.3 Å². The van der Waals surface area contributed by atoms with E-state index in [0.717, 1.165) is 18.5 Å². The van der Waals surface area contributed by atoms with Crippen molar-refractivity contribution in [2.75, 3.05) is 18.5 Å². The predicted octanol–water partition coefficient (Wildman–Crippen LogP) is 4.32. The molecule has 3 N–H and O–H groups in total. The van der Waals surface area contributed by atoms with Gasteiger partial charge in [-0.15, -0.1) is 0 Å². The van der Waals surface area contributed by atoms with Crippen LogP contribution in [0.5, 0.6) is 0 Å². The van der Waals surface area contributed by atoms with Gasteiger partial charge in [0, 0.05) is 23.1 Å². The van der Waals surface area contributed by atoms with Crippen molar-refractivity contribution in [1.82, 2.24) is 4.90 Å². The molecule has 0 bridgehead atoms. The molecule has 3 unspecified atom stereocenters. The lowest BCUT2D eigenvalue weighted by Crippen LogP contribution is -2.55. The molecular formula is C20H31BrFN3O2. The average Bonchev–Trinajstić information content (AvgIpc) is 3.08. The number of alkyl halides is 2. The monoisotopic (exact) mass is 443 g/mol. The van der Waals surface area contributed by atoms with Crippen LogP contribution in [-0.4, -0.2) is 52.8 Å². The summed E-state index contributed by atoms with van der Waals surface area (Å²) in [7, 11) is 0. The van der Waals surface area contributed by atoms with Gasteiger partial charge in [-0.3, -0.25) is 0 Å². The first-order valence-electron chi connectivity index (χ1n) is 9.48. The smallest absolute Gasteiger partial charge is 0.410 e. The number of nitrogens with two attached hydrogens (primary N) is 1. The molecule has 27 heavy (non-hydrogen) atoms. The number of anilines is 1.